The number of sulfone groups is 1. The number of pyridine rings is 1. The van der Waals surface area contributed by atoms with E-state index in [4.69, 9.17) is 4.74 Å². The van der Waals surface area contributed by atoms with E-state index in [-0.39, 0.29) is 29.9 Å². The van der Waals surface area contributed by atoms with Crippen molar-refractivity contribution in [2.24, 2.45) is 0 Å². The predicted octanol–water partition coefficient (Wildman–Crippen LogP) is 4.89. The van der Waals surface area contributed by atoms with Crippen molar-refractivity contribution in [2.45, 2.75) is 37.8 Å². The number of halogens is 3. The highest BCUT2D eigenvalue weighted by atomic mass is 32.2. The molecule has 6 nitrogen and oxygen atoms in total. The SMILES string of the molecule is COc1cc2nccc(N[C@H](C)c3cccc(C(F)F)c3F)c2cc1C1(O)CCS(=O)(=O)CC1. The van der Waals surface area contributed by atoms with Crippen molar-refractivity contribution in [3.8, 4) is 5.75 Å². The summed E-state index contributed by atoms with van der Waals surface area (Å²) < 4.78 is 70.2. The molecule has 182 valence electrons. The Morgan fingerprint density at radius 2 is 1.82 bits per heavy atom. The maximum atomic E-state index is 14.7. The van der Waals surface area contributed by atoms with Gasteiger partial charge in [-0.3, -0.25) is 4.98 Å². The summed E-state index contributed by atoms with van der Waals surface area (Å²) in [6.07, 6.45) is -1.32. The number of aromatic nitrogens is 1. The fourth-order valence-corrected chi connectivity index (χ4v) is 5.86. The highest BCUT2D eigenvalue weighted by Crippen LogP contribution is 2.42. The van der Waals surface area contributed by atoms with E-state index in [9.17, 15) is 26.7 Å². The van der Waals surface area contributed by atoms with Gasteiger partial charge in [0.25, 0.3) is 6.43 Å². The van der Waals surface area contributed by atoms with Crippen LogP contribution in [0.3, 0.4) is 0 Å². The molecular weight excluding hydrogens is 469 g/mol. The lowest BCUT2D eigenvalue weighted by Crippen LogP contribution is -2.37. The molecule has 2 N–H and O–H groups in total. The lowest BCUT2D eigenvalue weighted by molar-refractivity contribution is 0.0242. The zero-order valence-corrected chi connectivity index (χ0v) is 19.5. The first-order chi connectivity index (χ1) is 16.0. The minimum Gasteiger partial charge on any atom is -0.496 e. The standard InChI is InChI=1S/C24H25F3N2O4S/c1-14(15-4-3-5-16(22(15)25)23(26)27)29-19-6-9-28-20-13-21(33-2)18(12-17(19)20)24(30)7-10-34(31,32)11-8-24/h3-6,9,12-14,23,30H,7-8,10-11H2,1-2H3,(H,28,29)/t14-/m1/s1. The Hall–Kier alpha value is -2.85. The van der Waals surface area contributed by atoms with Crippen molar-refractivity contribution in [1.82, 2.24) is 4.98 Å². The number of fused-ring (bicyclic) bond motifs is 1. The third-order valence-corrected chi connectivity index (χ3v) is 8.00. The Morgan fingerprint density at radius 1 is 1.15 bits per heavy atom. The quantitative estimate of drug-likeness (QED) is 0.507. The Kier molecular flexibility index (Phi) is 6.48. The van der Waals surface area contributed by atoms with Crippen molar-refractivity contribution < 1.29 is 31.4 Å². The topological polar surface area (TPSA) is 88.5 Å². The van der Waals surface area contributed by atoms with E-state index in [1.54, 1.807) is 31.3 Å². The Morgan fingerprint density at radius 3 is 2.47 bits per heavy atom. The second-order valence-electron chi connectivity index (χ2n) is 8.53. The summed E-state index contributed by atoms with van der Waals surface area (Å²) >= 11 is 0. The normalized spacial score (nSPS) is 18.1. The molecule has 10 heteroatoms. The monoisotopic (exact) mass is 494 g/mol. The molecule has 0 amide bonds. The smallest absolute Gasteiger partial charge is 0.266 e. The van der Waals surface area contributed by atoms with Crippen LogP contribution >= 0.6 is 0 Å². The van der Waals surface area contributed by atoms with Gasteiger partial charge in [-0.15, -0.1) is 0 Å². The number of hydrogen-bond donors (Lipinski definition) is 2. The Bertz CT molecular complexity index is 1320. The number of aliphatic hydroxyl groups is 1. The molecule has 1 atom stereocenters. The number of methoxy groups -OCH3 is 1. The van der Waals surface area contributed by atoms with E-state index in [0.717, 1.165) is 6.07 Å². The van der Waals surface area contributed by atoms with Gasteiger partial charge in [-0.25, -0.2) is 21.6 Å². The van der Waals surface area contributed by atoms with Gasteiger partial charge in [0, 0.05) is 34.5 Å². The molecule has 0 saturated carbocycles. The summed E-state index contributed by atoms with van der Waals surface area (Å²) in [5.41, 5.74) is -0.449. The molecule has 2 aromatic carbocycles. The predicted molar refractivity (Wildman–Crippen MR) is 123 cm³/mol. The maximum absolute atomic E-state index is 14.7. The van der Waals surface area contributed by atoms with E-state index in [1.807, 2.05) is 0 Å². The second-order valence-corrected chi connectivity index (χ2v) is 10.8. The lowest BCUT2D eigenvalue weighted by atomic mass is 9.86. The summed E-state index contributed by atoms with van der Waals surface area (Å²) in [7, 11) is -1.75. The van der Waals surface area contributed by atoms with Gasteiger partial charge in [0.2, 0.25) is 0 Å². The van der Waals surface area contributed by atoms with Crippen molar-refractivity contribution in [1.29, 1.82) is 0 Å². The third-order valence-electron chi connectivity index (χ3n) is 6.35. The summed E-state index contributed by atoms with van der Waals surface area (Å²) in [5, 5.41) is 15.1. The van der Waals surface area contributed by atoms with Crippen LogP contribution in [0.1, 0.15) is 48.9 Å². The minimum atomic E-state index is -3.21. The first kappa shape index (κ1) is 24.3. The van der Waals surface area contributed by atoms with E-state index in [2.05, 4.69) is 10.3 Å². The van der Waals surface area contributed by atoms with Crippen LogP contribution in [-0.2, 0) is 15.4 Å². The van der Waals surface area contributed by atoms with E-state index < -0.39 is 39.3 Å². The van der Waals surface area contributed by atoms with Crippen LogP contribution in [0.2, 0.25) is 0 Å². The highest BCUT2D eigenvalue weighted by molar-refractivity contribution is 7.91. The largest absolute Gasteiger partial charge is 0.496 e. The number of anilines is 1. The lowest BCUT2D eigenvalue weighted by Gasteiger charge is -2.33. The number of hydrogen-bond acceptors (Lipinski definition) is 6. The molecule has 0 unspecified atom stereocenters. The van der Waals surface area contributed by atoms with Crippen LogP contribution in [-0.4, -0.2) is 37.1 Å². The van der Waals surface area contributed by atoms with Gasteiger partial charge in [0.1, 0.15) is 11.6 Å². The third kappa shape index (κ3) is 4.56. The molecule has 1 aliphatic heterocycles. The molecule has 3 aromatic rings. The van der Waals surface area contributed by atoms with Crippen molar-refractivity contribution in [3.63, 3.8) is 0 Å². The van der Waals surface area contributed by atoms with E-state index in [1.165, 1.54) is 19.2 Å². The van der Waals surface area contributed by atoms with Gasteiger partial charge in [-0.05, 0) is 31.9 Å². The van der Waals surface area contributed by atoms with Gasteiger partial charge in [0.05, 0.1) is 41.3 Å². The molecule has 0 aliphatic carbocycles. The molecule has 1 fully saturated rings. The van der Waals surface area contributed by atoms with Crippen LogP contribution in [0.15, 0.2) is 42.6 Å². The van der Waals surface area contributed by atoms with Crippen LogP contribution < -0.4 is 10.1 Å². The number of ether oxygens (including phenoxy) is 1. The van der Waals surface area contributed by atoms with E-state index >= 15 is 0 Å². The minimum absolute atomic E-state index is 0.0300. The molecular formula is C24H25F3N2O4S. The summed E-state index contributed by atoms with van der Waals surface area (Å²) in [5.74, 6) is -0.863. The molecule has 0 radical (unpaired) electrons. The average molecular weight is 495 g/mol. The second kappa shape index (κ2) is 9.07. The summed E-state index contributed by atoms with van der Waals surface area (Å²) in [6.45, 7) is 1.66. The fourth-order valence-electron chi connectivity index (χ4n) is 4.36. The Labute approximate surface area is 195 Å². The van der Waals surface area contributed by atoms with Gasteiger partial charge in [0.15, 0.2) is 9.84 Å². The van der Waals surface area contributed by atoms with Gasteiger partial charge in [-0.2, -0.15) is 0 Å². The first-order valence-electron chi connectivity index (χ1n) is 10.8. The average Bonchev–Trinajstić information content (AvgIpc) is 2.80. The maximum Gasteiger partial charge on any atom is 0.266 e. The fraction of sp³-hybridized carbons (Fsp3) is 0.375. The van der Waals surface area contributed by atoms with Crippen LogP contribution in [0.5, 0.6) is 5.75 Å². The molecule has 34 heavy (non-hydrogen) atoms. The van der Waals surface area contributed by atoms with Crippen LogP contribution in [0, 0.1) is 5.82 Å². The molecule has 1 aliphatic rings. The van der Waals surface area contributed by atoms with Crippen molar-refractivity contribution in [3.05, 3.63) is 65.1 Å². The molecule has 4 rings (SSSR count). The number of nitrogens with zero attached hydrogens (tertiary/aromatic N) is 1. The van der Waals surface area contributed by atoms with Gasteiger partial charge < -0.3 is 15.2 Å². The molecule has 1 aromatic heterocycles. The van der Waals surface area contributed by atoms with Crippen molar-refractivity contribution in [2.75, 3.05) is 23.9 Å². The molecule has 1 saturated heterocycles. The van der Waals surface area contributed by atoms with E-state index in [0.29, 0.717) is 27.9 Å². The van der Waals surface area contributed by atoms with Gasteiger partial charge >= 0.3 is 0 Å². The molecule has 0 spiro atoms. The highest BCUT2D eigenvalue weighted by Gasteiger charge is 2.39. The zero-order chi connectivity index (χ0) is 24.7. The summed E-state index contributed by atoms with van der Waals surface area (Å²) in [6, 6.07) is 8.25. The van der Waals surface area contributed by atoms with Gasteiger partial charge in [-0.1, -0.05) is 18.2 Å². The van der Waals surface area contributed by atoms with Crippen LogP contribution in [0.25, 0.3) is 10.9 Å². The van der Waals surface area contributed by atoms with Crippen LogP contribution in [0.4, 0.5) is 18.9 Å². The number of rotatable bonds is 6. The number of nitrogens with one attached hydrogen (secondary N) is 1. The first-order valence-corrected chi connectivity index (χ1v) is 12.6. The number of alkyl halides is 2. The molecule has 2 heterocycles. The zero-order valence-electron chi connectivity index (χ0n) is 18.7. The van der Waals surface area contributed by atoms with Crippen molar-refractivity contribution >= 4 is 26.4 Å². The molecule has 0 bridgehead atoms. The summed E-state index contributed by atoms with van der Waals surface area (Å²) in [4.78, 5) is 4.35. The Balaban J connectivity index is 1.75. The number of benzene rings is 2.